The number of amides is 1. The smallest absolute Gasteiger partial charge is 0.241 e. The standard InChI is InChI=1S/C14H22N2O4S/c1-3-4-5-6-7-14(17)16-11-8-9-12(20-2)13(10-11)21(15,18)19/h8-10H,3-7H2,1-2H3,(H,16,17)(H2,15,18,19). The van der Waals surface area contributed by atoms with Gasteiger partial charge in [-0.3, -0.25) is 4.79 Å². The molecule has 0 atom stereocenters. The van der Waals surface area contributed by atoms with E-state index in [1.165, 1.54) is 19.2 Å². The van der Waals surface area contributed by atoms with Crippen LogP contribution in [-0.2, 0) is 14.8 Å². The minimum Gasteiger partial charge on any atom is -0.495 e. The molecule has 7 heteroatoms. The van der Waals surface area contributed by atoms with E-state index in [9.17, 15) is 13.2 Å². The maximum absolute atomic E-state index is 11.8. The molecule has 0 aliphatic carbocycles. The summed E-state index contributed by atoms with van der Waals surface area (Å²) in [5.74, 6) is 0.00934. The van der Waals surface area contributed by atoms with E-state index < -0.39 is 10.0 Å². The molecule has 0 aliphatic rings. The summed E-state index contributed by atoms with van der Waals surface area (Å²) in [6.07, 6.45) is 4.45. The number of methoxy groups -OCH3 is 1. The van der Waals surface area contributed by atoms with E-state index >= 15 is 0 Å². The summed E-state index contributed by atoms with van der Waals surface area (Å²) in [7, 11) is -2.55. The Balaban J connectivity index is 2.74. The Morgan fingerprint density at radius 3 is 2.57 bits per heavy atom. The summed E-state index contributed by atoms with van der Waals surface area (Å²) in [6, 6.07) is 4.35. The van der Waals surface area contributed by atoms with Crippen molar-refractivity contribution in [3.63, 3.8) is 0 Å². The number of carbonyl (C=O) groups excluding carboxylic acids is 1. The zero-order valence-electron chi connectivity index (χ0n) is 12.4. The van der Waals surface area contributed by atoms with E-state index in [0.29, 0.717) is 12.1 Å². The van der Waals surface area contributed by atoms with Crippen LogP contribution in [0.25, 0.3) is 0 Å². The first kappa shape index (κ1) is 17.5. The Bertz CT molecular complexity index is 585. The Morgan fingerprint density at radius 2 is 2.00 bits per heavy atom. The second-order valence-electron chi connectivity index (χ2n) is 4.77. The number of unbranched alkanes of at least 4 members (excludes halogenated alkanes) is 3. The molecule has 0 bridgehead atoms. The first-order chi connectivity index (χ1) is 9.88. The Kier molecular flexibility index (Phi) is 6.64. The number of anilines is 1. The molecule has 3 N–H and O–H groups in total. The molecule has 1 rings (SSSR count). The fraction of sp³-hybridized carbons (Fsp3) is 0.500. The quantitative estimate of drug-likeness (QED) is 0.719. The number of hydrogen-bond acceptors (Lipinski definition) is 4. The van der Waals surface area contributed by atoms with E-state index in [-0.39, 0.29) is 16.6 Å². The number of hydrogen-bond donors (Lipinski definition) is 2. The zero-order valence-corrected chi connectivity index (χ0v) is 13.2. The SMILES string of the molecule is CCCCCCC(=O)Nc1ccc(OC)c(S(N)(=O)=O)c1. The summed E-state index contributed by atoms with van der Waals surface area (Å²) < 4.78 is 27.9. The summed E-state index contributed by atoms with van der Waals surface area (Å²) in [6.45, 7) is 2.10. The minimum atomic E-state index is -3.90. The number of benzene rings is 1. The van der Waals surface area contributed by atoms with Gasteiger partial charge < -0.3 is 10.1 Å². The number of nitrogens with one attached hydrogen (secondary N) is 1. The van der Waals surface area contributed by atoms with Crippen LogP contribution >= 0.6 is 0 Å². The van der Waals surface area contributed by atoms with Crippen molar-refractivity contribution in [2.24, 2.45) is 5.14 Å². The van der Waals surface area contributed by atoms with Gasteiger partial charge in [0.1, 0.15) is 10.6 Å². The van der Waals surface area contributed by atoms with Gasteiger partial charge >= 0.3 is 0 Å². The topological polar surface area (TPSA) is 98.5 Å². The minimum absolute atomic E-state index is 0.142. The molecule has 1 aromatic rings. The molecule has 118 valence electrons. The lowest BCUT2D eigenvalue weighted by Crippen LogP contribution is -2.15. The third kappa shape index (κ3) is 5.73. The summed E-state index contributed by atoms with van der Waals surface area (Å²) in [4.78, 5) is 11.6. The van der Waals surface area contributed by atoms with Crippen molar-refractivity contribution in [1.82, 2.24) is 0 Å². The van der Waals surface area contributed by atoms with E-state index in [1.807, 2.05) is 0 Å². The van der Waals surface area contributed by atoms with Crippen LogP contribution in [0, 0.1) is 0 Å². The average molecular weight is 314 g/mol. The molecular formula is C14H22N2O4S. The highest BCUT2D eigenvalue weighted by Crippen LogP contribution is 2.26. The van der Waals surface area contributed by atoms with Crippen LogP contribution in [0.15, 0.2) is 23.1 Å². The van der Waals surface area contributed by atoms with Crippen molar-refractivity contribution in [1.29, 1.82) is 0 Å². The van der Waals surface area contributed by atoms with Gasteiger partial charge in [-0.05, 0) is 24.6 Å². The van der Waals surface area contributed by atoms with Crippen molar-refractivity contribution in [2.45, 2.75) is 43.9 Å². The molecule has 21 heavy (non-hydrogen) atoms. The second-order valence-corrected chi connectivity index (χ2v) is 6.30. The van der Waals surface area contributed by atoms with Crippen LogP contribution in [0.3, 0.4) is 0 Å². The first-order valence-corrected chi connectivity index (χ1v) is 8.43. The van der Waals surface area contributed by atoms with E-state index in [2.05, 4.69) is 12.2 Å². The number of ether oxygens (including phenoxy) is 1. The predicted octanol–water partition coefficient (Wildman–Crippen LogP) is 2.25. The largest absolute Gasteiger partial charge is 0.495 e. The lowest BCUT2D eigenvalue weighted by molar-refractivity contribution is -0.116. The number of nitrogens with two attached hydrogens (primary N) is 1. The van der Waals surface area contributed by atoms with Gasteiger partial charge in [-0.15, -0.1) is 0 Å². The Labute approximate surface area is 125 Å². The average Bonchev–Trinajstić information content (AvgIpc) is 2.42. The van der Waals surface area contributed by atoms with Crippen molar-refractivity contribution in [3.05, 3.63) is 18.2 Å². The van der Waals surface area contributed by atoms with Crippen molar-refractivity contribution < 1.29 is 17.9 Å². The lowest BCUT2D eigenvalue weighted by atomic mass is 10.1. The predicted molar refractivity (Wildman–Crippen MR) is 81.8 cm³/mol. The summed E-state index contributed by atoms with van der Waals surface area (Å²) >= 11 is 0. The lowest BCUT2D eigenvalue weighted by Gasteiger charge is -2.10. The van der Waals surface area contributed by atoms with Crippen LogP contribution < -0.4 is 15.2 Å². The van der Waals surface area contributed by atoms with Crippen LogP contribution in [0.1, 0.15) is 39.0 Å². The molecule has 1 amide bonds. The Hall–Kier alpha value is -1.60. The van der Waals surface area contributed by atoms with E-state index in [4.69, 9.17) is 9.88 Å². The molecule has 0 unspecified atom stereocenters. The maximum Gasteiger partial charge on any atom is 0.241 e. The number of rotatable bonds is 8. The molecular weight excluding hydrogens is 292 g/mol. The summed E-state index contributed by atoms with van der Waals surface area (Å²) in [5.41, 5.74) is 0.389. The molecule has 0 saturated carbocycles. The normalized spacial score (nSPS) is 11.2. The molecule has 0 aromatic heterocycles. The molecule has 0 spiro atoms. The molecule has 0 heterocycles. The second kappa shape index (κ2) is 7.99. The first-order valence-electron chi connectivity index (χ1n) is 6.89. The molecule has 0 fully saturated rings. The van der Waals surface area contributed by atoms with E-state index in [1.54, 1.807) is 6.07 Å². The molecule has 0 aliphatic heterocycles. The van der Waals surface area contributed by atoms with Gasteiger partial charge in [-0.2, -0.15) is 0 Å². The van der Waals surface area contributed by atoms with Gasteiger partial charge in [0.05, 0.1) is 7.11 Å². The van der Waals surface area contributed by atoms with Crippen LogP contribution in [-0.4, -0.2) is 21.4 Å². The van der Waals surface area contributed by atoms with Crippen molar-refractivity contribution in [2.75, 3.05) is 12.4 Å². The van der Waals surface area contributed by atoms with Gasteiger partial charge in [0.15, 0.2) is 0 Å². The highest BCUT2D eigenvalue weighted by atomic mass is 32.2. The summed E-state index contributed by atoms with van der Waals surface area (Å²) in [5, 5.41) is 7.79. The fourth-order valence-electron chi connectivity index (χ4n) is 1.91. The highest BCUT2D eigenvalue weighted by molar-refractivity contribution is 7.89. The van der Waals surface area contributed by atoms with Crippen molar-refractivity contribution in [3.8, 4) is 5.75 Å². The molecule has 0 saturated heterocycles. The van der Waals surface area contributed by atoms with Gasteiger partial charge in [0.2, 0.25) is 15.9 Å². The molecule has 1 aromatic carbocycles. The molecule has 0 radical (unpaired) electrons. The fourth-order valence-corrected chi connectivity index (χ4v) is 2.64. The van der Waals surface area contributed by atoms with Crippen LogP contribution in [0.5, 0.6) is 5.75 Å². The monoisotopic (exact) mass is 314 g/mol. The van der Waals surface area contributed by atoms with Crippen molar-refractivity contribution >= 4 is 21.6 Å². The highest BCUT2D eigenvalue weighted by Gasteiger charge is 2.16. The number of primary sulfonamides is 1. The van der Waals surface area contributed by atoms with E-state index in [0.717, 1.165) is 25.7 Å². The Morgan fingerprint density at radius 1 is 1.29 bits per heavy atom. The van der Waals surface area contributed by atoms with Gasteiger partial charge in [-0.1, -0.05) is 26.2 Å². The zero-order chi connectivity index (χ0) is 15.9. The third-order valence-electron chi connectivity index (χ3n) is 3.01. The molecule has 6 nitrogen and oxygen atoms in total. The maximum atomic E-state index is 11.8. The number of sulfonamides is 1. The number of carbonyl (C=O) groups is 1. The van der Waals surface area contributed by atoms with Gasteiger partial charge in [0, 0.05) is 12.1 Å². The van der Waals surface area contributed by atoms with Gasteiger partial charge in [0.25, 0.3) is 0 Å². The van der Waals surface area contributed by atoms with Crippen LogP contribution in [0.2, 0.25) is 0 Å². The van der Waals surface area contributed by atoms with Gasteiger partial charge in [-0.25, -0.2) is 13.6 Å². The third-order valence-corrected chi connectivity index (χ3v) is 3.94. The van der Waals surface area contributed by atoms with Crippen LogP contribution in [0.4, 0.5) is 5.69 Å².